The van der Waals surface area contributed by atoms with Crippen molar-refractivity contribution in [1.29, 1.82) is 0 Å². The molecular formula is C18H41N5O3. The number of carbonyl (C=O) groups excluding carboxylic acids is 3. The highest BCUT2D eigenvalue weighted by Crippen LogP contribution is 2.03. The molecule has 0 aliphatic rings. The molecule has 0 bridgehead atoms. The van der Waals surface area contributed by atoms with Gasteiger partial charge < -0.3 is 27.8 Å². The predicted octanol–water partition coefficient (Wildman–Crippen LogP) is 0.628. The molecule has 3 amide bonds. The van der Waals surface area contributed by atoms with Crippen LogP contribution in [0.4, 0.5) is 0 Å². The summed E-state index contributed by atoms with van der Waals surface area (Å²) in [6.07, 6.45) is 5.55. The number of carbonyl (C=O) groups is 3. The van der Waals surface area contributed by atoms with Gasteiger partial charge in [0.25, 0.3) is 0 Å². The summed E-state index contributed by atoms with van der Waals surface area (Å²) in [5, 5.41) is 4.65. The lowest BCUT2D eigenvalue weighted by atomic mass is 10.0. The molecule has 0 aliphatic carbocycles. The lowest BCUT2D eigenvalue weighted by Gasteiger charge is -2.17. The molecule has 8 heteroatoms. The number of unbranched alkanes of at least 4 members (excludes halogenated alkanes) is 1. The van der Waals surface area contributed by atoms with E-state index < -0.39 is 17.9 Å². The summed E-state index contributed by atoms with van der Waals surface area (Å²) in [6, 6.07) is -0.326. The smallest absolute Gasteiger partial charge is 0.240 e. The molecule has 0 aromatic heterocycles. The van der Waals surface area contributed by atoms with Crippen LogP contribution in [0.15, 0.2) is 0 Å². The van der Waals surface area contributed by atoms with Crippen molar-refractivity contribution in [2.24, 2.45) is 23.1 Å². The van der Waals surface area contributed by atoms with Gasteiger partial charge in [-0.3, -0.25) is 14.4 Å². The third-order valence-electron chi connectivity index (χ3n) is 2.85. The molecule has 8 N–H and O–H groups in total. The Labute approximate surface area is 159 Å². The molecule has 0 aromatic carbocycles. The maximum Gasteiger partial charge on any atom is 0.240 e. The van der Waals surface area contributed by atoms with Gasteiger partial charge in [-0.1, -0.05) is 40.5 Å². The summed E-state index contributed by atoms with van der Waals surface area (Å²) in [5.74, 6) is -0.739. The summed E-state index contributed by atoms with van der Waals surface area (Å²) in [5.41, 5.74) is 15.9. The molecule has 26 heavy (non-hydrogen) atoms. The van der Waals surface area contributed by atoms with E-state index in [1.54, 1.807) is 0 Å². The van der Waals surface area contributed by atoms with E-state index in [9.17, 15) is 14.4 Å². The number of nitrogens with one attached hydrogen (secondary N) is 2. The van der Waals surface area contributed by atoms with Gasteiger partial charge in [-0.25, -0.2) is 0 Å². The first-order valence-corrected chi connectivity index (χ1v) is 9.37. The summed E-state index contributed by atoms with van der Waals surface area (Å²) in [4.78, 5) is 32.0. The molecule has 0 aromatic rings. The zero-order valence-electron chi connectivity index (χ0n) is 17.2. The molecule has 156 valence electrons. The minimum atomic E-state index is -0.675. The van der Waals surface area contributed by atoms with Gasteiger partial charge in [0.15, 0.2) is 0 Å². The van der Waals surface area contributed by atoms with Crippen LogP contribution in [0.5, 0.6) is 0 Å². The van der Waals surface area contributed by atoms with Gasteiger partial charge in [-0.05, 0) is 38.6 Å². The maximum atomic E-state index is 11.2. The molecular weight excluding hydrogens is 334 g/mol. The average molecular weight is 376 g/mol. The van der Waals surface area contributed by atoms with Crippen molar-refractivity contribution in [2.75, 3.05) is 13.1 Å². The van der Waals surface area contributed by atoms with Crippen molar-refractivity contribution in [3.05, 3.63) is 0 Å². The van der Waals surface area contributed by atoms with Crippen LogP contribution in [0.2, 0.25) is 0 Å². The van der Waals surface area contributed by atoms with Crippen LogP contribution >= 0.6 is 0 Å². The van der Waals surface area contributed by atoms with Crippen molar-refractivity contribution >= 4 is 18.2 Å². The topological polar surface area (TPSA) is 153 Å². The number of amides is 3. The summed E-state index contributed by atoms with van der Waals surface area (Å²) in [7, 11) is 0. The van der Waals surface area contributed by atoms with Crippen molar-refractivity contribution in [1.82, 2.24) is 10.6 Å². The maximum absolute atomic E-state index is 11.2. The van der Waals surface area contributed by atoms with Crippen molar-refractivity contribution < 1.29 is 14.4 Å². The second kappa shape index (κ2) is 21.4. The second-order valence-electron chi connectivity index (χ2n) is 6.62. The van der Waals surface area contributed by atoms with Crippen LogP contribution in [-0.4, -0.2) is 43.4 Å². The van der Waals surface area contributed by atoms with E-state index in [2.05, 4.69) is 24.5 Å². The fourth-order valence-corrected chi connectivity index (χ4v) is 1.71. The molecule has 0 saturated heterocycles. The summed E-state index contributed by atoms with van der Waals surface area (Å²) in [6.45, 7) is 10.8. The minimum Gasteiger partial charge on any atom is -0.368 e. The van der Waals surface area contributed by atoms with E-state index in [1.807, 2.05) is 20.8 Å². The van der Waals surface area contributed by atoms with E-state index >= 15 is 0 Å². The van der Waals surface area contributed by atoms with Gasteiger partial charge in [0.1, 0.15) is 6.04 Å². The normalized spacial score (nSPS) is 11.8. The Morgan fingerprint density at radius 3 is 2.00 bits per heavy atom. The molecule has 0 radical (unpaired) electrons. The van der Waals surface area contributed by atoms with E-state index in [-0.39, 0.29) is 12.5 Å². The first-order valence-electron chi connectivity index (χ1n) is 9.37. The molecule has 2 atom stereocenters. The van der Waals surface area contributed by atoms with E-state index in [1.165, 1.54) is 12.8 Å². The van der Waals surface area contributed by atoms with Crippen molar-refractivity contribution in [3.63, 3.8) is 0 Å². The van der Waals surface area contributed by atoms with Gasteiger partial charge in [0.2, 0.25) is 18.2 Å². The van der Waals surface area contributed by atoms with Gasteiger partial charge >= 0.3 is 0 Å². The SMILES string of the molecule is CC(C)C[C@H](NC(=O)CNC=O)C(N)=O.CCC.C[C@@H](N)CCCCN. The second-order valence-corrected chi connectivity index (χ2v) is 6.62. The molecule has 0 aliphatic heterocycles. The largest absolute Gasteiger partial charge is 0.368 e. The highest BCUT2D eigenvalue weighted by Gasteiger charge is 2.18. The fourth-order valence-electron chi connectivity index (χ4n) is 1.71. The number of rotatable bonds is 11. The standard InChI is InChI=1S/C9H17N3O3.C6H16N2.C3H8/c1-6(2)3-7(9(10)15)12-8(14)4-11-5-13;1-6(8)4-2-3-5-7;1-3-2/h5-7H,3-4H2,1-2H3,(H2,10,15)(H,11,13)(H,12,14);6H,2-5,7-8H2,1H3;3H2,1-2H3/t7-;6-;/m01./s1. The zero-order valence-corrected chi connectivity index (χ0v) is 17.2. The summed E-state index contributed by atoms with van der Waals surface area (Å²) < 4.78 is 0. The third kappa shape index (κ3) is 27.2. The fraction of sp³-hybridized carbons (Fsp3) is 0.833. The van der Waals surface area contributed by atoms with Gasteiger partial charge in [-0.15, -0.1) is 0 Å². The Morgan fingerprint density at radius 1 is 1.12 bits per heavy atom. The predicted molar refractivity (Wildman–Crippen MR) is 107 cm³/mol. The average Bonchev–Trinajstić information content (AvgIpc) is 2.53. The van der Waals surface area contributed by atoms with E-state index in [4.69, 9.17) is 17.2 Å². The number of hydrogen-bond donors (Lipinski definition) is 5. The van der Waals surface area contributed by atoms with E-state index in [0.717, 1.165) is 19.4 Å². The highest BCUT2D eigenvalue weighted by atomic mass is 16.2. The molecule has 0 unspecified atom stereocenters. The van der Waals surface area contributed by atoms with Crippen molar-refractivity contribution in [3.8, 4) is 0 Å². The third-order valence-corrected chi connectivity index (χ3v) is 2.85. The lowest BCUT2D eigenvalue weighted by molar-refractivity contribution is -0.127. The Hall–Kier alpha value is -1.67. The van der Waals surface area contributed by atoms with Crippen LogP contribution in [0.3, 0.4) is 0 Å². The van der Waals surface area contributed by atoms with E-state index in [0.29, 0.717) is 18.9 Å². The van der Waals surface area contributed by atoms with Crippen molar-refractivity contribution in [2.45, 2.75) is 78.8 Å². The van der Waals surface area contributed by atoms with Crippen LogP contribution in [0, 0.1) is 5.92 Å². The molecule has 0 heterocycles. The number of hydrogen-bond acceptors (Lipinski definition) is 5. The number of nitrogens with two attached hydrogens (primary N) is 3. The van der Waals surface area contributed by atoms with Gasteiger partial charge in [-0.2, -0.15) is 0 Å². The quantitative estimate of drug-likeness (QED) is 0.265. The molecule has 0 spiro atoms. The van der Waals surface area contributed by atoms with Gasteiger partial charge in [0, 0.05) is 6.04 Å². The highest BCUT2D eigenvalue weighted by molar-refractivity contribution is 5.87. The molecule has 8 nitrogen and oxygen atoms in total. The first-order chi connectivity index (χ1) is 12.2. The van der Waals surface area contributed by atoms with Crippen LogP contribution in [0.25, 0.3) is 0 Å². The Bertz CT molecular complexity index is 350. The number of primary amides is 1. The summed E-state index contributed by atoms with van der Waals surface area (Å²) >= 11 is 0. The Kier molecular flexibility index (Phi) is 23.9. The molecule has 0 fully saturated rings. The van der Waals surface area contributed by atoms with Gasteiger partial charge in [0.05, 0.1) is 6.54 Å². The first kappa shape index (κ1) is 29.1. The Morgan fingerprint density at radius 2 is 1.65 bits per heavy atom. The minimum absolute atomic E-state index is 0.147. The monoisotopic (exact) mass is 375 g/mol. The van der Waals surface area contributed by atoms with Crippen LogP contribution in [-0.2, 0) is 14.4 Å². The van der Waals surface area contributed by atoms with Crippen LogP contribution in [0.1, 0.15) is 66.7 Å². The van der Waals surface area contributed by atoms with Crippen LogP contribution < -0.4 is 27.8 Å². The molecule has 0 saturated carbocycles. The molecule has 0 rings (SSSR count). The lowest BCUT2D eigenvalue weighted by Crippen LogP contribution is -2.47. The Balaban J connectivity index is -0.000000402. The zero-order chi connectivity index (χ0) is 21.0.